The van der Waals surface area contributed by atoms with Crippen LogP contribution in [-0.2, 0) is 26.1 Å². The Bertz CT molecular complexity index is 1330. The quantitative estimate of drug-likeness (QED) is 0.381. The molecular formula is C22H24N4O7S. The highest BCUT2D eigenvalue weighted by atomic mass is 32.2. The summed E-state index contributed by atoms with van der Waals surface area (Å²) in [7, 11) is -3.76. The fraction of sp³-hybridized carbons (Fsp3) is 0.318. The predicted octanol–water partition coefficient (Wildman–Crippen LogP) is 2.61. The molecular weight excluding hydrogens is 464 g/mol. The van der Waals surface area contributed by atoms with Gasteiger partial charge in [-0.2, -0.15) is 4.31 Å². The molecule has 11 nitrogen and oxygen atoms in total. The van der Waals surface area contributed by atoms with E-state index in [1.54, 1.807) is 29.8 Å². The van der Waals surface area contributed by atoms with E-state index in [0.29, 0.717) is 36.5 Å². The molecule has 2 heterocycles. The van der Waals surface area contributed by atoms with Gasteiger partial charge in [0.1, 0.15) is 12.3 Å². The van der Waals surface area contributed by atoms with Crippen LogP contribution in [0.2, 0.25) is 0 Å². The molecule has 1 saturated heterocycles. The van der Waals surface area contributed by atoms with Crippen LogP contribution in [-0.4, -0.2) is 61.0 Å². The van der Waals surface area contributed by atoms with Crippen LogP contribution in [0.3, 0.4) is 0 Å². The minimum Gasteiger partial charge on any atom is -0.492 e. The number of carbonyl (C=O) groups excluding carboxylic acids is 1. The van der Waals surface area contributed by atoms with Gasteiger partial charge in [-0.05, 0) is 37.3 Å². The van der Waals surface area contributed by atoms with Crippen LogP contribution in [0.4, 0.5) is 11.4 Å². The van der Waals surface area contributed by atoms with Crippen molar-refractivity contribution in [2.45, 2.75) is 18.4 Å². The molecule has 0 spiro atoms. The summed E-state index contributed by atoms with van der Waals surface area (Å²) in [5.74, 6) is -0.0532. The Morgan fingerprint density at radius 3 is 2.65 bits per heavy atom. The van der Waals surface area contributed by atoms with E-state index in [1.807, 2.05) is 0 Å². The maximum absolute atomic E-state index is 13.0. The fourth-order valence-corrected chi connectivity index (χ4v) is 5.20. The van der Waals surface area contributed by atoms with E-state index in [-0.39, 0.29) is 35.9 Å². The summed E-state index contributed by atoms with van der Waals surface area (Å²) in [5.41, 5.74) is 0.872. The molecule has 1 amide bonds. The molecule has 12 heteroatoms. The number of non-ortho nitro benzene ring substituents is 1. The lowest BCUT2D eigenvalue weighted by Crippen LogP contribution is -2.40. The van der Waals surface area contributed by atoms with Crippen molar-refractivity contribution in [3.63, 3.8) is 0 Å². The highest BCUT2D eigenvalue weighted by Gasteiger charge is 2.27. The van der Waals surface area contributed by atoms with E-state index < -0.39 is 20.9 Å². The van der Waals surface area contributed by atoms with Gasteiger partial charge in [-0.15, -0.1) is 0 Å². The minimum absolute atomic E-state index is 0.0330. The number of aromatic nitrogens is 1. The van der Waals surface area contributed by atoms with E-state index in [4.69, 9.17) is 9.47 Å². The number of nitro benzene ring substituents is 1. The average molecular weight is 489 g/mol. The topological polar surface area (TPSA) is 133 Å². The van der Waals surface area contributed by atoms with Crippen LogP contribution in [0.25, 0.3) is 10.9 Å². The number of anilines is 1. The molecule has 1 aliphatic rings. The molecule has 180 valence electrons. The van der Waals surface area contributed by atoms with E-state index >= 15 is 0 Å². The first-order chi connectivity index (χ1) is 16.3. The number of rotatable bonds is 8. The molecule has 0 atom stereocenters. The number of nitrogens with one attached hydrogen (secondary N) is 1. The molecule has 0 unspecified atom stereocenters. The van der Waals surface area contributed by atoms with Crippen molar-refractivity contribution < 1.29 is 27.6 Å². The molecule has 1 aromatic heterocycles. The highest BCUT2D eigenvalue weighted by Crippen LogP contribution is 2.30. The van der Waals surface area contributed by atoms with Crippen molar-refractivity contribution in [3.8, 4) is 5.75 Å². The van der Waals surface area contributed by atoms with Gasteiger partial charge < -0.3 is 19.4 Å². The zero-order valence-corrected chi connectivity index (χ0v) is 19.3. The number of amides is 1. The largest absolute Gasteiger partial charge is 0.492 e. The third-order valence-corrected chi connectivity index (χ3v) is 7.31. The fourth-order valence-electron chi connectivity index (χ4n) is 3.77. The van der Waals surface area contributed by atoms with Crippen molar-refractivity contribution in [1.82, 2.24) is 8.87 Å². The standard InChI is InChI=1S/C22H24N4O7S/c1-2-33-21-6-4-18(34(30,31)25-9-11-32-12-10-25)14-19(21)23-22(27)15-24-8-7-16-13-17(26(28)29)3-5-20(16)24/h3-8,13-14H,2,9-12,15H2,1H3,(H,23,27). The summed E-state index contributed by atoms with van der Waals surface area (Å²) in [6, 6.07) is 10.5. The van der Waals surface area contributed by atoms with Crippen LogP contribution in [0.1, 0.15) is 6.92 Å². The van der Waals surface area contributed by atoms with Crippen molar-refractivity contribution in [1.29, 1.82) is 0 Å². The van der Waals surface area contributed by atoms with Gasteiger partial charge in [0.15, 0.2) is 0 Å². The normalized spacial score (nSPS) is 14.7. The van der Waals surface area contributed by atoms with Gasteiger partial charge >= 0.3 is 0 Å². The number of fused-ring (bicyclic) bond motifs is 1. The van der Waals surface area contributed by atoms with Crippen LogP contribution in [0.5, 0.6) is 5.75 Å². The first-order valence-electron chi connectivity index (χ1n) is 10.7. The number of hydrogen-bond acceptors (Lipinski definition) is 7. The van der Waals surface area contributed by atoms with E-state index in [1.165, 1.54) is 34.6 Å². The molecule has 1 fully saturated rings. The summed E-state index contributed by atoms with van der Waals surface area (Å²) in [6.07, 6.45) is 1.66. The van der Waals surface area contributed by atoms with Gasteiger partial charge in [0, 0.05) is 42.3 Å². The number of carbonyl (C=O) groups is 1. The summed E-state index contributed by atoms with van der Waals surface area (Å²) in [5, 5.41) is 14.4. The molecule has 0 aliphatic carbocycles. The van der Waals surface area contributed by atoms with E-state index in [2.05, 4.69) is 5.32 Å². The summed E-state index contributed by atoms with van der Waals surface area (Å²) >= 11 is 0. The SMILES string of the molecule is CCOc1ccc(S(=O)(=O)N2CCOCC2)cc1NC(=O)Cn1ccc2cc([N+](=O)[O-])ccc21. The van der Waals surface area contributed by atoms with Crippen molar-refractivity contribution in [2.24, 2.45) is 0 Å². The Morgan fingerprint density at radius 1 is 1.18 bits per heavy atom. The number of benzene rings is 2. The zero-order chi connectivity index (χ0) is 24.3. The molecule has 0 bridgehead atoms. The number of nitro groups is 1. The van der Waals surface area contributed by atoms with Gasteiger partial charge in [0.05, 0.1) is 35.3 Å². The second kappa shape index (κ2) is 9.79. The molecule has 2 aromatic carbocycles. The Kier molecular flexibility index (Phi) is 6.82. The Hall–Kier alpha value is -3.48. The smallest absolute Gasteiger partial charge is 0.270 e. The summed E-state index contributed by atoms with van der Waals surface area (Å²) < 4.78 is 39.9. The molecule has 0 saturated carbocycles. The van der Waals surface area contributed by atoms with Crippen molar-refractivity contribution >= 4 is 38.2 Å². The van der Waals surface area contributed by atoms with Crippen LogP contribution < -0.4 is 10.1 Å². The zero-order valence-electron chi connectivity index (χ0n) is 18.5. The molecule has 1 N–H and O–H groups in total. The van der Waals surface area contributed by atoms with Gasteiger partial charge in [-0.1, -0.05) is 0 Å². The van der Waals surface area contributed by atoms with Gasteiger partial charge in [-0.25, -0.2) is 8.42 Å². The van der Waals surface area contributed by atoms with Crippen LogP contribution >= 0.6 is 0 Å². The molecule has 34 heavy (non-hydrogen) atoms. The summed E-state index contributed by atoms with van der Waals surface area (Å²) in [6.45, 7) is 3.22. The lowest BCUT2D eigenvalue weighted by atomic mass is 10.2. The maximum Gasteiger partial charge on any atom is 0.270 e. The molecule has 3 aromatic rings. The monoisotopic (exact) mass is 488 g/mol. The Morgan fingerprint density at radius 2 is 1.94 bits per heavy atom. The van der Waals surface area contributed by atoms with Gasteiger partial charge in [0.2, 0.25) is 15.9 Å². The number of sulfonamides is 1. The molecule has 0 radical (unpaired) electrons. The van der Waals surface area contributed by atoms with Crippen molar-refractivity contribution in [3.05, 3.63) is 58.8 Å². The van der Waals surface area contributed by atoms with Crippen LogP contribution in [0, 0.1) is 10.1 Å². The third-order valence-electron chi connectivity index (χ3n) is 5.41. The average Bonchev–Trinajstić information content (AvgIpc) is 3.22. The van der Waals surface area contributed by atoms with E-state index in [0.717, 1.165) is 0 Å². The lowest BCUT2D eigenvalue weighted by Gasteiger charge is -2.26. The highest BCUT2D eigenvalue weighted by molar-refractivity contribution is 7.89. The Labute approximate surface area is 196 Å². The maximum atomic E-state index is 13.0. The Balaban J connectivity index is 1.57. The lowest BCUT2D eigenvalue weighted by molar-refractivity contribution is -0.384. The molecule has 1 aliphatic heterocycles. The molecule has 4 rings (SSSR count). The van der Waals surface area contributed by atoms with Gasteiger partial charge in [-0.3, -0.25) is 14.9 Å². The minimum atomic E-state index is -3.76. The first kappa shape index (κ1) is 23.7. The predicted molar refractivity (Wildman–Crippen MR) is 124 cm³/mol. The van der Waals surface area contributed by atoms with Crippen LogP contribution in [0.15, 0.2) is 53.6 Å². The second-order valence-electron chi connectivity index (χ2n) is 7.60. The number of morpholine rings is 1. The summed E-state index contributed by atoms with van der Waals surface area (Å²) in [4.78, 5) is 23.4. The first-order valence-corrected chi connectivity index (χ1v) is 12.1. The van der Waals surface area contributed by atoms with Crippen molar-refractivity contribution in [2.75, 3.05) is 38.2 Å². The number of ether oxygens (including phenoxy) is 2. The third kappa shape index (κ3) is 4.88. The number of nitrogens with zero attached hydrogens (tertiary/aromatic N) is 3. The number of hydrogen-bond donors (Lipinski definition) is 1. The van der Waals surface area contributed by atoms with E-state index in [9.17, 15) is 23.3 Å². The van der Waals surface area contributed by atoms with Gasteiger partial charge in [0.25, 0.3) is 5.69 Å². The second-order valence-corrected chi connectivity index (χ2v) is 9.54.